The summed E-state index contributed by atoms with van der Waals surface area (Å²) in [6.07, 6.45) is 1.37. The summed E-state index contributed by atoms with van der Waals surface area (Å²) in [6.45, 7) is 0.450. The fraction of sp³-hybridized carbons (Fsp3) is 0.154. The second-order valence-corrected chi connectivity index (χ2v) is 3.71. The zero-order chi connectivity index (χ0) is 13.0. The zero-order valence-corrected chi connectivity index (χ0v) is 9.85. The van der Waals surface area contributed by atoms with Crippen LogP contribution in [0.4, 0.5) is 10.1 Å². The average Bonchev–Trinajstić information content (AvgIpc) is 2.38. The molecule has 2 aromatic rings. The van der Waals surface area contributed by atoms with Crippen LogP contribution >= 0.6 is 0 Å². The van der Waals surface area contributed by atoms with Crippen molar-refractivity contribution >= 4 is 5.69 Å². The van der Waals surface area contributed by atoms with Crippen LogP contribution in [0.5, 0.6) is 11.5 Å². The van der Waals surface area contributed by atoms with E-state index in [0.29, 0.717) is 12.2 Å². The quantitative estimate of drug-likeness (QED) is 0.873. The number of aromatic hydroxyl groups is 1. The zero-order valence-electron chi connectivity index (χ0n) is 9.85. The summed E-state index contributed by atoms with van der Waals surface area (Å²) in [4.78, 5) is 4.02. The molecule has 0 unspecified atom stereocenters. The molecule has 2 rings (SSSR count). The fourth-order valence-corrected chi connectivity index (χ4v) is 1.49. The van der Waals surface area contributed by atoms with E-state index in [1.54, 1.807) is 24.3 Å². The van der Waals surface area contributed by atoms with Crippen LogP contribution < -0.4 is 10.1 Å². The van der Waals surface area contributed by atoms with Crippen LogP contribution in [0, 0.1) is 5.82 Å². The van der Waals surface area contributed by atoms with E-state index in [0.717, 1.165) is 5.69 Å². The van der Waals surface area contributed by atoms with E-state index < -0.39 is 5.82 Å². The van der Waals surface area contributed by atoms with Gasteiger partial charge in [-0.05, 0) is 24.3 Å². The lowest BCUT2D eigenvalue weighted by Crippen LogP contribution is -2.01. The molecule has 94 valence electrons. The largest absolute Gasteiger partial charge is 0.506 e. The SMILES string of the molecule is COc1ccc(NCc2ccc(O)cn2)cc1F. The molecule has 18 heavy (non-hydrogen) atoms. The van der Waals surface area contributed by atoms with Crippen molar-refractivity contribution in [2.45, 2.75) is 6.54 Å². The summed E-state index contributed by atoms with van der Waals surface area (Å²) in [5.41, 5.74) is 1.40. The Labute approximate surface area is 104 Å². The maximum atomic E-state index is 13.4. The lowest BCUT2D eigenvalue weighted by molar-refractivity contribution is 0.386. The highest BCUT2D eigenvalue weighted by molar-refractivity contribution is 5.47. The third kappa shape index (κ3) is 2.88. The summed E-state index contributed by atoms with van der Waals surface area (Å²) in [7, 11) is 1.42. The number of nitrogens with zero attached hydrogens (tertiary/aromatic N) is 1. The number of aromatic nitrogens is 1. The fourth-order valence-electron chi connectivity index (χ4n) is 1.49. The Bertz CT molecular complexity index is 529. The van der Waals surface area contributed by atoms with Crippen LogP contribution in [0.15, 0.2) is 36.5 Å². The van der Waals surface area contributed by atoms with Gasteiger partial charge in [-0.1, -0.05) is 0 Å². The Morgan fingerprint density at radius 3 is 2.78 bits per heavy atom. The highest BCUT2D eigenvalue weighted by atomic mass is 19.1. The number of hydrogen-bond donors (Lipinski definition) is 2. The molecule has 1 heterocycles. The third-order valence-electron chi connectivity index (χ3n) is 2.43. The molecule has 5 heteroatoms. The Morgan fingerprint density at radius 2 is 2.17 bits per heavy atom. The number of methoxy groups -OCH3 is 1. The van der Waals surface area contributed by atoms with E-state index in [4.69, 9.17) is 9.84 Å². The van der Waals surface area contributed by atoms with Crippen molar-refractivity contribution in [2.75, 3.05) is 12.4 Å². The van der Waals surface area contributed by atoms with Gasteiger partial charge < -0.3 is 15.2 Å². The van der Waals surface area contributed by atoms with Gasteiger partial charge in [0.25, 0.3) is 0 Å². The number of pyridine rings is 1. The van der Waals surface area contributed by atoms with Crippen LogP contribution in [-0.4, -0.2) is 17.2 Å². The number of rotatable bonds is 4. The first kappa shape index (κ1) is 12.2. The van der Waals surface area contributed by atoms with Gasteiger partial charge in [0.2, 0.25) is 0 Å². The molecule has 1 aromatic carbocycles. The molecule has 0 aliphatic heterocycles. The molecule has 0 bridgehead atoms. The molecule has 0 radical (unpaired) electrons. The number of benzene rings is 1. The molecule has 0 saturated carbocycles. The highest BCUT2D eigenvalue weighted by Gasteiger charge is 2.03. The minimum atomic E-state index is -0.416. The van der Waals surface area contributed by atoms with Crippen molar-refractivity contribution in [1.29, 1.82) is 0 Å². The molecule has 0 saturated heterocycles. The van der Waals surface area contributed by atoms with Gasteiger partial charge in [-0.25, -0.2) is 4.39 Å². The predicted molar refractivity (Wildman–Crippen MR) is 66.2 cm³/mol. The van der Waals surface area contributed by atoms with E-state index in [1.807, 2.05) is 0 Å². The number of nitrogens with one attached hydrogen (secondary N) is 1. The normalized spacial score (nSPS) is 10.1. The number of hydrogen-bond acceptors (Lipinski definition) is 4. The minimum absolute atomic E-state index is 0.120. The van der Waals surface area contributed by atoms with Gasteiger partial charge in [0.05, 0.1) is 25.5 Å². The van der Waals surface area contributed by atoms with Gasteiger partial charge >= 0.3 is 0 Å². The Balaban J connectivity index is 2.02. The van der Waals surface area contributed by atoms with Crippen LogP contribution in [-0.2, 0) is 6.54 Å². The minimum Gasteiger partial charge on any atom is -0.506 e. The smallest absolute Gasteiger partial charge is 0.167 e. The van der Waals surface area contributed by atoms with E-state index in [-0.39, 0.29) is 11.5 Å². The maximum Gasteiger partial charge on any atom is 0.167 e. The van der Waals surface area contributed by atoms with Gasteiger partial charge in [0.15, 0.2) is 11.6 Å². The summed E-state index contributed by atoms with van der Waals surface area (Å²) in [5.74, 6) is -0.0845. The van der Waals surface area contributed by atoms with Gasteiger partial charge in [0, 0.05) is 11.8 Å². The van der Waals surface area contributed by atoms with Crippen molar-refractivity contribution < 1.29 is 14.2 Å². The molecule has 0 atom stereocenters. The molecule has 2 N–H and O–H groups in total. The number of anilines is 1. The summed E-state index contributed by atoms with van der Waals surface area (Å²) in [5, 5.41) is 12.1. The summed E-state index contributed by atoms with van der Waals surface area (Å²) >= 11 is 0. The molecule has 0 fully saturated rings. The predicted octanol–water partition coefficient (Wildman–Crippen LogP) is 2.55. The van der Waals surface area contributed by atoms with Crippen LogP contribution in [0.25, 0.3) is 0 Å². The molecule has 0 amide bonds. The van der Waals surface area contributed by atoms with E-state index >= 15 is 0 Å². The van der Waals surface area contributed by atoms with Gasteiger partial charge in [-0.15, -0.1) is 0 Å². The second-order valence-electron chi connectivity index (χ2n) is 3.71. The lowest BCUT2D eigenvalue weighted by Gasteiger charge is -2.08. The summed E-state index contributed by atoms with van der Waals surface area (Å²) < 4.78 is 18.2. The third-order valence-corrected chi connectivity index (χ3v) is 2.43. The Hall–Kier alpha value is -2.30. The second kappa shape index (κ2) is 5.35. The molecule has 0 aliphatic carbocycles. The maximum absolute atomic E-state index is 13.4. The van der Waals surface area contributed by atoms with Crippen LogP contribution in [0.2, 0.25) is 0 Å². The van der Waals surface area contributed by atoms with Crippen molar-refractivity contribution in [1.82, 2.24) is 4.98 Å². The number of ether oxygens (including phenoxy) is 1. The van der Waals surface area contributed by atoms with Crippen molar-refractivity contribution in [2.24, 2.45) is 0 Å². The first-order chi connectivity index (χ1) is 8.69. The van der Waals surface area contributed by atoms with Crippen LogP contribution in [0.1, 0.15) is 5.69 Å². The van der Waals surface area contributed by atoms with E-state index in [1.165, 1.54) is 19.4 Å². The molecule has 0 aliphatic rings. The Morgan fingerprint density at radius 1 is 1.33 bits per heavy atom. The molecule has 0 spiro atoms. The molecular formula is C13H13FN2O2. The average molecular weight is 248 g/mol. The van der Waals surface area contributed by atoms with Gasteiger partial charge in [0.1, 0.15) is 5.75 Å². The van der Waals surface area contributed by atoms with Crippen molar-refractivity contribution in [3.63, 3.8) is 0 Å². The van der Waals surface area contributed by atoms with E-state index in [9.17, 15) is 4.39 Å². The van der Waals surface area contributed by atoms with Crippen molar-refractivity contribution in [3.8, 4) is 11.5 Å². The molecular weight excluding hydrogens is 235 g/mol. The Kier molecular flexibility index (Phi) is 3.62. The van der Waals surface area contributed by atoms with Crippen LogP contribution in [0.3, 0.4) is 0 Å². The topological polar surface area (TPSA) is 54.4 Å². The summed E-state index contributed by atoms with van der Waals surface area (Å²) in [6, 6.07) is 7.89. The van der Waals surface area contributed by atoms with E-state index in [2.05, 4.69) is 10.3 Å². The highest BCUT2D eigenvalue weighted by Crippen LogP contribution is 2.20. The first-order valence-electron chi connectivity index (χ1n) is 5.40. The van der Waals surface area contributed by atoms with Gasteiger partial charge in [-0.3, -0.25) is 4.98 Å². The number of halogens is 1. The monoisotopic (exact) mass is 248 g/mol. The first-order valence-corrected chi connectivity index (χ1v) is 5.40. The molecule has 4 nitrogen and oxygen atoms in total. The lowest BCUT2D eigenvalue weighted by atomic mass is 10.2. The molecule has 1 aromatic heterocycles. The van der Waals surface area contributed by atoms with Gasteiger partial charge in [-0.2, -0.15) is 0 Å². The van der Waals surface area contributed by atoms with Crippen molar-refractivity contribution in [3.05, 3.63) is 48.0 Å². The standard InChI is InChI=1S/C13H13FN2O2/c1-18-13-5-3-9(6-12(13)14)15-7-10-2-4-11(17)8-16-10/h2-6,8,15,17H,7H2,1H3.